The smallest absolute Gasteiger partial charge is 0.0613 e. The Morgan fingerprint density at radius 3 is 2.47 bits per heavy atom. The molecule has 0 aliphatic heterocycles. The predicted octanol–water partition coefficient (Wildman–Crippen LogP) is 2.64. The van der Waals surface area contributed by atoms with Crippen molar-refractivity contribution >= 4 is 0 Å². The lowest BCUT2D eigenvalue weighted by atomic mass is 9.90. The van der Waals surface area contributed by atoms with Crippen molar-refractivity contribution in [3.63, 3.8) is 0 Å². The summed E-state index contributed by atoms with van der Waals surface area (Å²) in [6, 6.07) is 0. The van der Waals surface area contributed by atoms with Crippen LogP contribution in [0.4, 0.5) is 0 Å². The first-order valence-corrected chi connectivity index (χ1v) is 8.28. The molecule has 0 heterocycles. The first kappa shape index (κ1) is 16.9. The molecular formula is C16H34N2O. The molecule has 0 spiro atoms. The molecule has 0 saturated heterocycles. The van der Waals surface area contributed by atoms with Crippen molar-refractivity contribution in [2.45, 2.75) is 64.8 Å². The van der Waals surface area contributed by atoms with Crippen LogP contribution >= 0.6 is 0 Å². The minimum absolute atomic E-state index is 0.00290. The monoisotopic (exact) mass is 270 g/mol. The van der Waals surface area contributed by atoms with Gasteiger partial charge >= 0.3 is 0 Å². The standard InChI is InChI=1S/C16H34N2O/c1-4-15-8-7-10-16(14-19,11-9-15)17-12-13-18(5-2)6-3/h15,17,19H,4-14H2,1-3H3. The summed E-state index contributed by atoms with van der Waals surface area (Å²) in [4.78, 5) is 2.43. The largest absolute Gasteiger partial charge is 0.394 e. The number of nitrogens with one attached hydrogen (secondary N) is 1. The maximum absolute atomic E-state index is 9.83. The lowest BCUT2D eigenvalue weighted by Crippen LogP contribution is -2.50. The van der Waals surface area contributed by atoms with Crippen molar-refractivity contribution in [1.29, 1.82) is 0 Å². The third-order valence-corrected chi connectivity index (χ3v) is 5.00. The summed E-state index contributed by atoms with van der Waals surface area (Å²) in [6.07, 6.45) is 7.45. The quantitative estimate of drug-likeness (QED) is 0.666. The molecule has 3 nitrogen and oxygen atoms in total. The highest BCUT2D eigenvalue weighted by Gasteiger charge is 2.31. The van der Waals surface area contributed by atoms with Crippen LogP contribution < -0.4 is 5.32 Å². The van der Waals surface area contributed by atoms with E-state index in [9.17, 15) is 5.11 Å². The van der Waals surface area contributed by atoms with E-state index in [1.165, 1.54) is 25.7 Å². The van der Waals surface area contributed by atoms with Crippen LogP contribution in [0.15, 0.2) is 0 Å². The zero-order chi connectivity index (χ0) is 14.1. The van der Waals surface area contributed by atoms with E-state index in [4.69, 9.17) is 0 Å². The molecule has 0 radical (unpaired) electrons. The van der Waals surface area contributed by atoms with Gasteiger partial charge in [0.2, 0.25) is 0 Å². The molecule has 3 heteroatoms. The Balaban J connectivity index is 2.42. The van der Waals surface area contributed by atoms with E-state index in [1.54, 1.807) is 0 Å². The first-order valence-electron chi connectivity index (χ1n) is 8.28. The van der Waals surface area contributed by atoms with E-state index < -0.39 is 0 Å². The van der Waals surface area contributed by atoms with Gasteiger partial charge in [-0.25, -0.2) is 0 Å². The van der Waals surface area contributed by atoms with Crippen molar-refractivity contribution in [3.05, 3.63) is 0 Å². The Bertz CT molecular complexity index is 231. The number of hydrogen-bond donors (Lipinski definition) is 2. The summed E-state index contributed by atoms with van der Waals surface area (Å²) in [6.45, 7) is 11.3. The van der Waals surface area contributed by atoms with Crippen LogP contribution in [0.5, 0.6) is 0 Å². The van der Waals surface area contributed by atoms with E-state index in [0.29, 0.717) is 6.61 Å². The van der Waals surface area contributed by atoms with Crippen molar-refractivity contribution in [1.82, 2.24) is 10.2 Å². The third kappa shape index (κ3) is 5.41. The number of aliphatic hydroxyl groups is 1. The maximum atomic E-state index is 9.83. The molecule has 2 atom stereocenters. The predicted molar refractivity (Wildman–Crippen MR) is 82.5 cm³/mol. The fourth-order valence-electron chi connectivity index (χ4n) is 3.30. The van der Waals surface area contributed by atoms with Crippen molar-refractivity contribution < 1.29 is 5.11 Å². The number of aliphatic hydroxyl groups excluding tert-OH is 1. The molecule has 0 aromatic heterocycles. The van der Waals surface area contributed by atoms with Gasteiger partial charge in [-0.15, -0.1) is 0 Å². The van der Waals surface area contributed by atoms with Gasteiger partial charge in [-0.3, -0.25) is 0 Å². The van der Waals surface area contributed by atoms with Gasteiger partial charge in [0, 0.05) is 18.6 Å². The molecule has 0 aromatic carbocycles. The number of rotatable bonds is 8. The zero-order valence-corrected chi connectivity index (χ0v) is 13.2. The normalized spacial score (nSPS) is 28.6. The average molecular weight is 270 g/mol. The molecule has 0 aromatic rings. The Morgan fingerprint density at radius 1 is 1.16 bits per heavy atom. The van der Waals surface area contributed by atoms with E-state index >= 15 is 0 Å². The summed E-state index contributed by atoms with van der Waals surface area (Å²) in [5, 5.41) is 13.5. The fraction of sp³-hybridized carbons (Fsp3) is 1.00. The van der Waals surface area contributed by atoms with Crippen LogP contribution in [-0.2, 0) is 0 Å². The number of nitrogens with zero attached hydrogens (tertiary/aromatic N) is 1. The number of likely N-dealkylation sites (N-methyl/N-ethyl adjacent to an activating group) is 1. The summed E-state index contributed by atoms with van der Waals surface area (Å²) in [5.74, 6) is 0.873. The minimum Gasteiger partial charge on any atom is -0.394 e. The molecule has 19 heavy (non-hydrogen) atoms. The van der Waals surface area contributed by atoms with Crippen LogP contribution in [0.1, 0.15) is 59.3 Å². The summed E-state index contributed by atoms with van der Waals surface area (Å²) in [5.41, 5.74) is -0.00290. The highest BCUT2D eigenvalue weighted by Crippen LogP contribution is 2.31. The number of hydrogen-bond acceptors (Lipinski definition) is 3. The molecule has 114 valence electrons. The topological polar surface area (TPSA) is 35.5 Å². The van der Waals surface area contributed by atoms with Gasteiger partial charge in [0.25, 0.3) is 0 Å². The van der Waals surface area contributed by atoms with E-state index in [2.05, 4.69) is 31.0 Å². The molecule has 1 aliphatic carbocycles. The Hall–Kier alpha value is -0.120. The first-order chi connectivity index (χ1) is 9.19. The molecule has 2 N–H and O–H groups in total. The maximum Gasteiger partial charge on any atom is 0.0613 e. The Kier molecular flexibility index (Phi) is 7.96. The van der Waals surface area contributed by atoms with Crippen molar-refractivity contribution in [2.24, 2.45) is 5.92 Å². The molecule has 0 amide bonds. The van der Waals surface area contributed by atoms with Crippen molar-refractivity contribution in [3.8, 4) is 0 Å². The fourth-order valence-corrected chi connectivity index (χ4v) is 3.30. The highest BCUT2D eigenvalue weighted by molar-refractivity contribution is 4.90. The lowest BCUT2D eigenvalue weighted by Gasteiger charge is -2.33. The molecule has 2 unspecified atom stereocenters. The summed E-state index contributed by atoms with van der Waals surface area (Å²) < 4.78 is 0. The van der Waals surface area contributed by atoms with Gasteiger partial charge in [-0.1, -0.05) is 40.0 Å². The van der Waals surface area contributed by atoms with E-state index in [0.717, 1.165) is 44.9 Å². The molecule has 0 bridgehead atoms. The van der Waals surface area contributed by atoms with Gasteiger partial charge in [0.1, 0.15) is 0 Å². The molecule has 1 fully saturated rings. The lowest BCUT2D eigenvalue weighted by molar-refractivity contribution is 0.137. The van der Waals surface area contributed by atoms with Crippen LogP contribution in [0.2, 0.25) is 0 Å². The van der Waals surface area contributed by atoms with Crippen LogP contribution in [0.3, 0.4) is 0 Å². The van der Waals surface area contributed by atoms with Gasteiger partial charge in [-0.2, -0.15) is 0 Å². The summed E-state index contributed by atoms with van der Waals surface area (Å²) in [7, 11) is 0. The van der Waals surface area contributed by atoms with E-state index in [1.807, 2.05) is 0 Å². The second kappa shape index (κ2) is 8.93. The minimum atomic E-state index is -0.00290. The van der Waals surface area contributed by atoms with Gasteiger partial charge in [0.05, 0.1) is 6.61 Å². The molecule has 1 rings (SSSR count). The van der Waals surface area contributed by atoms with Gasteiger partial charge in [-0.05, 0) is 38.3 Å². The molecule has 1 saturated carbocycles. The second-order valence-corrected chi connectivity index (χ2v) is 6.10. The van der Waals surface area contributed by atoms with Crippen LogP contribution in [-0.4, -0.2) is 48.3 Å². The van der Waals surface area contributed by atoms with Crippen LogP contribution in [0, 0.1) is 5.92 Å². The third-order valence-electron chi connectivity index (χ3n) is 5.00. The average Bonchev–Trinajstić information content (AvgIpc) is 2.66. The molecule has 1 aliphatic rings. The van der Waals surface area contributed by atoms with Crippen molar-refractivity contribution in [2.75, 3.05) is 32.8 Å². The summed E-state index contributed by atoms with van der Waals surface area (Å²) >= 11 is 0. The van der Waals surface area contributed by atoms with Gasteiger partial charge < -0.3 is 15.3 Å². The Labute approximate surface area is 119 Å². The zero-order valence-electron chi connectivity index (χ0n) is 13.2. The van der Waals surface area contributed by atoms with E-state index in [-0.39, 0.29) is 5.54 Å². The highest BCUT2D eigenvalue weighted by atomic mass is 16.3. The molecular weight excluding hydrogens is 236 g/mol. The van der Waals surface area contributed by atoms with Crippen LogP contribution in [0.25, 0.3) is 0 Å². The van der Waals surface area contributed by atoms with Gasteiger partial charge in [0.15, 0.2) is 0 Å². The second-order valence-electron chi connectivity index (χ2n) is 6.10. The Morgan fingerprint density at radius 2 is 1.89 bits per heavy atom. The SMILES string of the molecule is CCC1CCCC(CO)(NCCN(CC)CC)CC1.